The van der Waals surface area contributed by atoms with Gasteiger partial charge in [0.2, 0.25) is 0 Å². The van der Waals surface area contributed by atoms with Crippen molar-refractivity contribution in [2.45, 2.75) is 13.3 Å². The molecule has 8 heteroatoms. The van der Waals surface area contributed by atoms with E-state index in [0.717, 1.165) is 118 Å². The molecular formula is C38H20B2O6. The zero-order chi connectivity index (χ0) is 29.8. The van der Waals surface area contributed by atoms with Crippen LogP contribution in [0.1, 0.15) is 16.7 Å². The summed E-state index contributed by atoms with van der Waals surface area (Å²) in [4.78, 5) is 0. The lowest BCUT2D eigenvalue weighted by molar-refractivity contribution is 0.438. The Morgan fingerprint density at radius 2 is 0.739 bits per heavy atom. The molecule has 12 rings (SSSR count). The molecule has 214 valence electrons. The van der Waals surface area contributed by atoms with Gasteiger partial charge in [-0.25, -0.2) is 0 Å². The monoisotopic (exact) mass is 594 g/mol. The van der Waals surface area contributed by atoms with Gasteiger partial charge in [-0.2, -0.15) is 0 Å². The van der Waals surface area contributed by atoms with Crippen molar-refractivity contribution in [3.8, 4) is 69.0 Å². The van der Waals surface area contributed by atoms with E-state index in [9.17, 15) is 0 Å². The molecule has 6 aliphatic heterocycles. The van der Waals surface area contributed by atoms with Gasteiger partial charge in [-0.15, -0.1) is 0 Å². The third-order valence-corrected chi connectivity index (χ3v) is 10.2. The molecule has 0 fully saturated rings. The number of ether oxygens (including phenoxy) is 6. The topological polar surface area (TPSA) is 55.4 Å². The number of hydrogen-bond acceptors (Lipinski definition) is 6. The highest BCUT2D eigenvalue weighted by molar-refractivity contribution is 7.00. The third-order valence-electron chi connectivity index (χ3n) is 10.2. The van der Waals surface area contributed by atoms with Crippen molar-refractivity contribution in [3.05, 3.63) is 108 Å². The van der Waals surface area contributed by atoms with Crippen LogP contribution < -0.4 is 61.2 Å². The first-order valence-electron chi connectivity index (χ1n) is 15.6. The quantitative estimate of drug-likeness (QED) is 0.255. The maximum Gasteiger partial charge on any atom is 0.270 e. The van der Waals surface area contributed by atoms with Crippen molar-refractivity contribution in [1.82, 2.24) is 0 Å². The first kappa shape index (κ1) is 23.6. The molecule has 0 aliphatic carbocycles. The fourth-order valence-electron chi connectivity index (χ4n) is 8.41. The van der Waals surface area contributed by atoms with Crippen LogP contribution in [0.15, 0.2) is 91.0 Å². The molecule has 6 heterocycles. The minimum atomic E-state index is -0.0352. The van der Waals surface area contributed by atoms with Gasteiger partial charge >= 0.3 is 0 Å². The van der Waals surface area contributed by atoms with E-state index in [-0.39, 0.29) is 13.4 Å². The molecule has 0 amide bonds. The maximum absolute atomic E-state index is 6.78. The van der Waals surface area contributed by atoms with Crippen molar-refractivity contribution in [2.75, 3.05) is 0 Å². The zero-order valence-corrected chi connectivity index (χ0v) is 24.5. The number of rotatable bonds is 2. The van der Waals surface area contributed by atoms with Gasteiger partial charge in [-0.05, 0) is 84.3 Å². The van der Waals surface area contributed by atoms with Crippen molar-refractivity contribution < 1.29 is 28.4 Å². The smallest absolute Gasteiger partial charge is 0.270 e. The molecule has 0 bridgehead atoms. The summed E-state index contributed by atoms with van der Waals surface area (Å²) in [5, 5.41) is 0. The van der Waals surface area contributed by atoms with Crippen LogP contribution >= 0.6 is 0 Å². The summed E-state index contributed by atoms with van der Waals surface area (Å²) < 4.78 is 39.4. The van der Waals surface area contributed by atoms with Gasteiger partial charge in [-0.1, -0.05) is 30.3 Å². The normalized spacial score (nSPS) is 14.8. The van der Waals surface area contributed by atoms with Gasteiger partial charge in [0.1, 0.15) is 69.0 Å². The summed E-state index contributed by atoms with van der Waals surface area (Å²) >= 11 is 0. The summed E-state index contributed by atoms with van der Waals surface area (Å²) in [7, 11) is 0. The van der Waals surface area contributed by atoms with E-state index in [0.29, 0.717) is 6.42 Å². The van der Waals surface area contributed by atoms with E-state index in [2.05, 4.69) is 43.3 Å². The lowest BCUT2D eigenvalue weighted by Gasteiger charge is -2.39. The first-order valence-corrected chi connectivity index (χ1v) is 15.6. The van der Waals surface area contributed by atoms with Crippen LogP contribution in [-0.2, 0) is 6.42 Å². The molecule has 0 atom stereocenters. The average molecular weight is 594 g/mol. The Morgan fingerprint density at radius 1 is 0.391 bits per heavy atom. The molecule has 6 aromatic rings. The Hall–Kier alpha value is -5.75. The van der Waals surface area contributed by atoms with E-state index in [1.165, 1.54) is 0 Å². The SMILES string of the molecule is Cc1cc2c3c(c1)Oc1ccc(Cc4ccc5c6c4Oc4cccc7c4B6c4c(cccc4O5)O7)c4c1B3c1c(cccc1O4)O2. The average Bonchev–Trinajstić information content (AvgIpc) is 3.06. The van der Waals surface area contributed by atoms with Crippen molar-refractivity contribution in [2.24, 2.45) is 0 Å². The standard InChI is InChI=1S/C38H20B2O6/c1-18-15-29-34-30(16-18)44-28-14-12-20(38-36(28)40(34)33-24(43-29)8-4-10-26(33)46-38)17-19-11-13-27-35-37(19)45-25-9-3-7-23-32(25)39(35)31-21(41-23)5-2-6-22(31)42-27/h2-16H,17H2,1H3. The fourth-order valence-corrected chi connectivity index (χ4v) is 8.41. The first-order chi connectivity index (χ1) is 22.7. The molecule has 0 radical (unpaired) electrons. The Labute approximate surface area is 264 Å². The summed E-state index contributed by atoms with van der Waals surface area (Å²) in [6, 6.07) is 30.7. The maximum atomic E-state index is 6.78. The molecule has 0 saturated heterocycles. The molecule has 0 spiro atoms. The minimum Gasteiger partial charge on any atom is -0.458 e. The predicted octanol–water partition coefficient (Wildman–Crippen LogP) is 5.25. The Balaban J connectivity index is 1.05. The molecule has 6 aromatic carbocycles. The molecule has 6 nitrogen and oxygen atoms in total. The predicted molar refractivity (Wildman–Crippen MR) is 176 cm³/mol. The molecule has 0 aromatic heterocycles. The third kappa shape index (κ3) is 2.78. The van der Waals surface area contributed by atoms with Crippen LogP contribution in [0.4, 0.5) is 0 Å². The zero-order valence-electron chi connectivity index (χ0n) is 24.5. The van der Waals surface area contributed by atoms with Crippen LogP contribution in [-0.4, -0.2) is 13.4 Å². The van der Waals surface area contributed by atoms with Crippen LogP contribution in [0.25, 0.3) is 0 Å². The van der Waals surface area contributed by atoms with E-state index < -0.39 is 0 Å². The summed E-state index contributed by atoms with van der Waals surface area (Å²) in [5.74, 6) is 9.94. The van der Waals surface area contributed by atoms with E-state index >= 15 is 0 Å². The van der Waals surface area contributed by atoms with Gasteiger partial charge in [0.05, 0.1) is 0 Å². The lowest BCUT2D eigenvalue weighted by Crippen LogP contribution is -2.60. The second-order valence-corrected chi connectivity index (χ2v) is 12.8. The Morgan fingerprint density at radius 3 is 1.17 bits per heavy atom. The summed E-state index contributed by atoms with van der Waals surface area (Å²) in [6.45, 7) is 2.00. The van der Waals surface area contributed by atoms with Crippen LogP contribution in [0, 0.1) is 6.92 Å². The highest BCUT2D eigenvalue weighted by atomic mass is 16.5. The second-order valence-electron chi connectivity index (χ2n) is 12.8. The van der Waals surface area contributed by atoms with Gasteiger partial charge in [0.25, 0.3) is 13.4 Å². The van der Waals surface area contributed by atoms with Crippen molar-refractivity contribution in [3.63, 3.8) is 0 Å². The minimum absolute atomic E-state index is 0.0314. The summed E-state index contributed by atoms with van der Waals surface area (Å²) in [6.07, 6.45) is 0.601. The highest BCUT2D eigenvalue weighted by Crippen LogP contribution is 2.46. The van der Waals surface area contributed by atoms with Gasteiger partial charge in [-0.3, -0.25) is 0 Å². The van der Waals surface area contributed by atoms with E-state index in [4.69, 9.17) is 28.4 Å². The largest absolute Gasteiger partial charge is 0.458 e. The fraction of sp³-hybridized carbons (Fsp3) is 0.0526. The van der Waals surface area contributed by atoms with Crippen molar-refractivity contribution in [1.29, 1.82) is 0 Å². The Bertz CT molecular complexity index is 2400. The van der Waals surface area contributed by atoms with Gasteiger partial charge < -0.3 is 28.4 Å². The van der Waals surface area contributed by atoms with Crippen LogP contribution in [0.5, 0.6) is 69.0 Å². The molecule has 0 saturated carbocycles. The highest BCUT2D eigenvalue weighted by Gasteiger charge is 2.49. The second kappa shape index (κ2) is 7.90. The van der Waals surface area contributed by atoms with Gasteiger partial charge in [0.15, 0.2) is 0 Å². The molecule has 46 heavy (non-hydrogen) atoms. The number of aryl methyl sites for hydroxylation is 1. The number of hydrogen-bond donors (Lipinski definition) is 0. The lowest BCUT2D eigenvalue weighted by atomic mass is 9.33. The van der Waals surface area contributed by atoms with E-state index in [1.54, 1.807) is 0 Å². The molecule has 0 N–H and O–H groups in total. The molecule has 6 aliphatic rings. The van der Waals surface area contributed by atoms with Gasteiger partial charge in [0, 0.05) is 39.2 Å². The summed E-state index contributed by atoms with van der Waals surface area (Å²) in [5.41, 5.74) is 9.54. The molecule has 0 unspecified atom stereocenters. The number of benzene rings is 6. The van der Waals surface area contributed by atoms with Crippen LogP contribution in [0.3, 0.4) is 0 Å². The molecular weight excluding hydrogens is 574 g/mol. The van der Waals surface area contributed by atoms with Crippen molar-refractivity contribution >= 4 is 46.2 Å². The van der Waals surface area contributed by atoms with E-state index in [1.807, 2.05) is 54.6 Å². The van der Waals surface area contributed by atoms with Crippen LogP contribution in [0.2, 0.25) is 0 Å². The Kier molecular flexibility index (Phi) is 4.06.